The van der Waals surface area contributed by atoms with Crippen LogP contribution in [0, 0.1) is 11.3 Å². The van der Waals surface area contributed by atoms with E-state index >= 15 is 0 Å². The van der Waals surface area contributed by atoms with Crippen molar-refractivity contribution in [2.45, 2.75) is 24.8 Å². The third-order valence-corrected chi connectivity index (χ3v) is 3.46. The van der Waals surface area contributed by atoms with Gasteiger partial charge in [0.2, 0.25) is 0 Å². The van der Waals surface area contributed by atoms with E-state index in [1.54, 1.807) is 0 Å². The van der Waals surface area contributed by atoms with E-state index in [1.807, 2.05) is 30.3 Å². The first-order valence-electron chi connectivity index (χ1n) is 6.14. The van der Waals surface area contributed by atoms with Gasteiger partial charge in [-0.05, 0) is 25.5 Å². The van der Waals surface area contributed by atoms with Crippen molar-refractivity contribution < 1.29 is 0 Å². The van der Waals surface area contributed by atoms with Crippen LogP contribution < -0.4 is 10.6 Å². The van der Waals surface area contributed by atoms with E-state index in [1.165, 1.54) is 0 Å². The fraction of sp³-hybridized carbons (Fsp3) is 0.500. The molecule has 90 valence electrons. The van der Waals surface area contributed by atoms with Gasteiger partial charge in [0.05, 0.1) is 12.0 Å². The van der Waals surface area contributed by atoms with Crippen LogP contribution in [-0.2, 0) is 0 Å². The maximum atomic E-state index is 9.23. The molecule has 2 unspecified atom stereocenters. The number of nitrogens with one attached hydrogen (secondary N) is 2. The monoisotopic (exact) mass is 229 g/mol. The van der Waals surface area contributed by atoms with E-state index in [4.69, 9.17) is 0 Å². The van der Waals surface area contributed by atoms with Crippen molar-refractivity contribution in [3.8, 4) is 6.07 Å². The second-order valence-electron chi connectivity index (χ2n) is 4.96. The van der Waals surface area contributed by atoms with E-state index in [0.717, 1.165) is 31.6 Å². The second-order valence-corrected chi connectivity index (χ2v) is 4.96. The molecule has 0 saturated carbocycles. The summed E-state index contributed by atoms with van der Waals surface area (Å²) in [6, 6.07) is 12.4. The molecule has 3 heteroatoms. The molecule has 1 heterocycles. The van der Waals surface area contributed by atoms with Crippen LogP contribution in [0.4, 0.5) is 0 Å². The van der Waals surface area contributed by atoms with Crippen molar-refractivity contribution in [2.75, 3.05) is 19.6 Å². The van der Waals surface area contributed by atoms with Gasteiger partial charge in [0, 0.05) is 18.6 Å². The zero-order chi connectivity index (χ0) is 12.1. The molecule has 2 atom stereocenters. The number of nitriles is 1. The second kappa shape index (κ2) is 5.31. The summed E-state index contributed by atoms with van der Waals surface area (Å²) in [4.78, 5) is 0. The Kier molecular flexibility index (Phi) is 3.78. The molecule has 17 heavy (non-hydrogen) atoms. The lowest BCUT2D eigenvalue weighted by Gasteiger charge is -2.26. The minimum atomic E-state index is -0.0615. The summed E-state index contributed by atoms with van der Waals surface area (Å²) in [5.41, 5.74) is 1.24. The van der Waals surface area contributed by atoms with Crippen molar-refractivity contribution >= 4 is 0 Å². The maximum absolute atomic E-state index is 9.23. The number of hydrogen-bond acceptors (Lipinski definition) is 3. The van der Waals surface area contributed by atoms with Crippen LogP contribution in [0.5, 0.6) is 0 Å². The number of nitrogens with zero attached hydrogens (tertiary/aromatic N) is 1. The molecule has 0 amide bonds. The molecule has 1 aromatic carbocycles. The Morgan fingerprint density at radius 3 is 2.82 bits per heavy atom. The summed E-state index contributed by atoms with van der Waals surface area (Å²) >= 11 is 0. The van der Waals surface area contributed by atoms with E-state index < -0.39 is 0 Å². The van der Waals surface area contributed by atoms with Crippen LogP contribution in [0.2, 0.25) is 0 Å². The Morgan fingerprint density at radius 2 is 2.24 bits per heavy atom. The molecule has 1 aliphatic heterocycles. The predicted octanol–water partition coefficient (Wildman–Crippen LogP) is 1.64. The standard InChI is InChI=1S/C14H19N3/c1-14(7-8-16-11-14)17-10-13(9-15)12-5-3-2-4-6-12/h2-6,13,16-17H,7-8,10-11H2,1H3. The average Bonchev–Trinajstić information content (AvgIpc) is 2.79. The molecule has 2 rings (SSSR count). The summed E-state index contributed by atoms with van der Waals surface area (Å²) < 4.78 is 0. The summed E-state index contributed by atoms with van der Waals surface area (Å²) in [5, 5.41) is 16.1. The Labute approximate surface area is 103 Å². The Bertz CT molecular complexity index is 388. The smallest absolute Gasteiger partial charge is 0.0837 e. The van der Waals surface area contributed by atoms with Crippen molar-refractivity contribution in [1.29, 1.82) is 5.26 Å². The van der Waals surface area contributed by atoms with Gasteiger partial charge < -0.3 is 10.6 Å². The van der Waals surface area contributed by atoms with Crippen LogP contribution in [0.1, 0.15) is 24.8 Å². The van der Waals surface area contributed by atoms with Crippen molar-refractivity contribution in [3.05, 3.63) is 35.9 Å². The highest BCUT2D eigenvalue weighted by atomic mass is 15.1. The minimum absolute atomic E-state index is 0.0615. The summed E-state index contributed by atoms with van der Waals surface area (Å²) in [6.45, 7) is 4.98. The molecule has 1 aromatic rings. The molecule has 3 nitrogen and oxygen atoms in total. The topological polar surface area (TPSA) is 47.9 Å². The molecule has 1 fully saturated rings. The Hall–Kier alpha value is -1.37. The van der Waals surface area contributed by atoms with Crippen LogP contribution in [0.3, 0.4) is 0 Å². The van der Waals surface area contributed by atoms with Crippen molar-refractivity contribution in [3.63, 3.8) is 0 Å². The molecule has 1 aliphatic rings. The Morgan fingerprint density at radius 1 is 1.47 bits per heavy atom. The van der Waals surface area contributed by atoms with Gasteiger partial charge in [0.25, 0.3) is 0 Å². The highest BCUT2D eigenvalue weighted by Crippen LogP contribution is 2.17. The lowest BCUT2D eigenvalue weighted by atomic mass is 9.97. The van der Waals surface area contributed by atoms with Gasteiger partial charge in [0.15, 0.2) is 0 Å². The van der Waals surface area contributed by atoms with Crippen LogP contribution in [-0.4, -0.2) is 25.2 Å². The van der Waals surface area contributed by atoms with Gasteiger partial charge in [-0.2, -0.15) is 5.26 Å². The molecule has 0 aliphatic carbocycles. The van der Waals surface area contributed by atoms with Gasteiger partial charge >= 0.3 is 0 Å². The number of rotatable bonds is 4. The third kappa shape index (κ3) is 3.06. The van der Waals surface area contributed by atoms with Crippen molar-refractivity contribution in [1.82, 2.24) is 10.6 Å². The fourth-order valence-electron chi connectivity index (χ4n) is 2.24. The van der Waals surface area contributed by atoms with Crippen LogP contribution in [0.15, 0.2) is 30.3 Å². The summed E-state index contributed by atoms with van der Waals surface area (Å²) in [6.07, 6.45) is 1.12. The number of hydrogen-bond donors (Lipinski definition) is 2. The summed E-state index contributed by atoms with van der Waals surface area (Å²) in [7, 11) is 0. The highest BCUT2D eigenvalue weighted by Gasteiger charge is 2.28. The lowest BCUT2D eigenvalue weighted by Crippen LogP contribution is -2.45. The SMILES string of the molecule is CC1(NCC(C#N)c2ccccc2)CCNC1. The van der Waals surface area contributed by atoms with E-state index in [2.05, 4.69) is 23.6 Å². The molecular formula is C14H19N3. The van der Waals surface area contributed by atoms with Crippen LogP contribution in [0.25, 0.3) is 0 Å². The van der Waals surface area contributed by atoms with E-state index in [0.29, 0.717) is 0 Å². The van der Waals surface area contributed by atoms with E-state index in [-0.39, 0.29) is 11.5 Å². The van der Waals surface area contributed by atoms with Crippen LogP contribution >= 0.6 is 0 Å². The average molecular weight is 229 g/mol. The first-order chi connectivity index (χ1) is 8.23. The van der Waals surface area contributed by atoms with E-state index in [9.17, 15) is 5.26 Å². The normalized spacial score (nSPS) is 25.4. The number of benzene rings is 1. The summed E-state index contributed by atoms with van der Waals surface area (Å²) in [5.74, 6) is -0.0615. The van der Waals surface area contributed by atoms with Gasteiger partial charge in [0.1, 0.15) is 0 Å². The zero-order valence-electron chi connectivity index (χ0n) is 10.2. The molecular weight excluding hydrogens is 210 g/mol. The quantitative estimate of drug-likeness (QED) is 0.825. The molecule has 0 bridgehead atoms. The molecule has 0 spiro atoms. The minimum Gasteiger partial charge on any atom is -0.315 e. The first kappa shape index (κ1) is 12.1. The van der Waals surface area contributed by atoms with Gasteiger partial charge in [-0.15, -0.1) is 0 Å². The highest BCUT2D eigenvalue weighted by molar-refractivity contribution is 5.25. The molecule has 0 aromatic heterocycles. The van der Waals surface area contributed by atoms with Gasteiger partial charge in [-0.1, -0.05) is 30.3 Å². The molecule has 2 N–H and O–H groups in total. The molecule has 1 saturated heterocycles. The lowest BCUT2D eigenvalue weighted by molar-refractivity contribution is 0.384. The third-order valence-electron chi connectivity index (χ3n) is 3.46. The fourth-order valence-corrected chi connectivity index (χ4v) is 2.24. The van der Waals surface area contributed by atoms with Gasteiger partial charge in [-0.25, -0.2) is 0 Å². The molecule has 0 radical (unpaired) electrons. The van der Waals surface area contributed by atoms with Crippen molar-refractivity contribution in [2.24, 2.45) is 0 Å². The largest absolute Gasteiger partial charge is 0.315 e. The first-order valence-corrected chi connectivity index (χ1v) is 6.14. The predicted molar refractivity (Wildman–Crippen MR) is 68.7 cm³/mol. The maximum Gasteiger partial charge on any atom is 0.0837 e. The van der Waals surface area contributed by atoms with Gasteiger partial charge in [-0.3, -0.25) is 0 Å². The Balaban J connectivity index is 1.95. The zero-order valence-corrected chi connectivity index (χ0v) is 10.2.